The molecule has 1 atom stereocenters. The Morgan fingerprint density at radius 1 is 1.33 bits per heavy atom. The fourth-order valence-electron chi connectivity index (χ4n) is 1.74. The highest BCUT2D eigenvalue weighted by atomic mass is 32.2. The normalized spacial score (nSPS) is 17.9. The van der Waals surface area contributed by atoms with Crippen molar-refractivity contribution >= 4 is 10.0 Å². The highest BCUT2D eigenvalue weighted by molar-refractivity contribution is 7.89. The fraction of sp³-hybridized carbons (Fsp3) is 0.733. The van der Waals surface area contributed by atoms with Gasteiger partial charge in [-0.3, -0.25) is 0 Å². The highest BCUT2D eigenvalue weighted by Crippen LogP contribution is 2.25. The summed E-state index contributed by atoms with van der Waals surface area (Å²) in [7, 11) is -3.56. The highest BCUT2D eigenvalue weighted by Gasteiger charge is 2.25. The van der Waals surface area contributed by atoms with Gasteiger partial charge in [0, 0.05) is 12.6 Å². The molecular formula is C15H26N2O3S. The van der Waals surface area contributed by atoms with Crippen LogP contribution >= 0.6 is 0 Å². The molecule has 0 aromatic carbocycles. The van der Waals surface area contributed by atoms with E-state index in [1.165, 1.54) is 18.9 Å². The number of furan rings is 1. The first-order chi connectivity index (χ1) is 9.68. The number of sulfonamides is 1. The van der Waals surface area contributed by atoms with Crippen LogP contribution in [0.2, 0.25) is 0 Å². The van der Waals surface area contributed by atoms with Gasteiger partial charge in [-0.15, -0.1) is 0 Å². The lowest BCUT2D eigenvalue weighted by molar-refractivity contribution is 0.262. The van der Waals surface area contributed by atoms with E-state index >= 15 is 0 Å². The van der Waals surface area contributed by atoms with Crippen molar-refractivity contribution in [2.45, 2.75) is 58.2 Å². The van der Waals surface area contributed by atoms with Gasteiger partial charge in [0.05, 0.1) is 6.54 Å². The molecule has 1 aliphatic rings. The summed E-state index contributed by atoms with van der Waals surface area (Å²) < 4.78 is 32.5. The van der Waals surface area contributed by atoms with Crippen LogP contribution in [-0.4, -0.2) is 21.0 Å². The molecule has 1 aromatic heterocycles. The minimum absolute atomic E-state index is 0.00351. The zero-order chi connectivity index (χ0) is 15.7. The van der Waals surface area contributed by atoms with Gasteiger partial charge >= 0.3 is 0 Å². The van der Waals surface area contributed by atoms with Crippen LogP contribution in [0.15, 0.2) is 21.6 Å². The Morgan fingerprint density at radius 3 is 2.57 bits per heavy atom. The SMILES string of the molecule is CC(CNS(=O)(=O)c1ccc(CNC2CC2)o1)C(C)(C)C. The van der Waals surface area contributed by atoms with E-state index in [4.69, 9.17) is 4.42 Å². The largest absolute Gasteiger partial charge is 0.447 e. The second kappa shape index (κ2) is 6.10. The van der Waals surface area contributed by atoms with Crippen LogP contribution in [-0.2, 0) is 16.6 Å². The van der Waals surface area contributed by atoms with E-state index < -0.39 is 10.0 Å². The van der Waals surface area contributed by atoms with E-state index in [-0.39, 0.29) is 16.4 Å². The summed E-state index contributed by atoms with van der Waals surface area (Å²) in [5, 5.41) is 3.30. The molecule has 5 nitrogen and oxygen atoms in total. The number of rotatable bonds is 7. The first kappa shape index (κ1) is 16.5. The lowest BCUT2D eigenvalue weighted by Gasteiger charge is -2.27. The van der Waals surface area contributed by atoms with Crippen molar-refractivity contribution < 1.29 is 12.8 Å². The van der Waals surface area contributed by atoms with Gasteiger partial charge in [0.2, 0.25) is 5.09 Å². The third-order valence-electron chi connectivity index (χ3n) is 4.10. The maximum atomic E-state index is 12.2. The van der Waals surface area contributed by atoms with Crippen LogP contribution in [0, 0.1) is 11.3 Å². The van der Waals surface area contributed by atoms with Crippen molar-refractivity contribution in [1.82, 2.24) is 10.0 Å². The van der Waals surface area contributed by atoms with Crippen molar-refractivity contribution in [2.75, 3.05) is 6.54 Å². The van der Waals surface area contributed by atoms with Gasteiger partial charge in [-0.25, -0.2) is 13.1 Å². The topological polar surface area (TPSA) is 71.3 Å². The van der Waals surface area contributed by atoms with Crippen molar-refractivity contribution in [3.05, 3.63) is 17.9 Å². The van der Waals surface area contributed by atoms with Crippen LogP contribution < -0.4 is 10.0 Å². The summed E-state index contributed by atoms with van der Waals surface area (Å²) >= 11 is 0. The number of hydrogen-bond acceptors (Lipinski definition) is 4. The molecule has 21 heavy (non-hydrogen) atoms. The van der Waals surface area contributed by atoms with Crippen molar-refractivity contribution in [1.29, 1.82) is 0 Å². The molecule has 6 heteroatoms. The summed E-state index contributed by atoms with van der Waals surface area (Å²) in [6.07, 6.45) is 2.39. The van der Waals surface area contributed by atoms with E-state index in [2.05, 4.69) is 30.8 Å². The van der Waals surface area contributed by atoms with E-state index in [0.29, 0.717) is 24.9 Å². The van der Waals surface area contributed by atoms with Gasteiger partial charge in [-0.2, -0.15) is 0 Å². The Morgan fingerprint density at radius 2 is 2.00 bits per heavy atom. The summed E-state index contributed by atoms with van der Waals surface area (Å²) in [6.45, 7) is 9.32. The Labute approximate surface area is 127 Å². The Bertz CT molecular complexity index is 568. The summed E-state index contributed by atoms with van der Waals surface area (Å²) in [6, 6.07) is 3.81. The van der Waals surface area contributed by atoms with Crippen molar-refractivity contribution in [2.24, 2.45) is 11.3 Å². The zero-order valence-corrected chi connectivity index (χ0v) is 14.1. The van der Waals surface area contributed by atoms with Crippen LogP contribution in [0.4, 0.5) is 0 Å². The third kappa shape index (κ3) is 4.83. The van der Waals surface area contributed by atoms with Crippen molar-refractivity contribution in [3.63, 3.8) is 0 Å². The van der Waals surface area contributed by atoms with Crippen LogP contribution in [0.1, 0.15) is 46.3 Å². The minimum Gasteiger partial charge on any atom is -0.447 e. The second-order valence-electron chi connectivity index (χ2n) is 6.99. The van der Waals surface area contributed by atoms with Gasteiger partial charge in [0.25, 0.3) is 10.0 Å². The monoisotopic (exact) mass is 314 g/mol. The van der Waals surface area contributed by atoms with Crippen LogP contribution in [0.5, 0.6) is 0 Å². The Balaban J connectivity index is 1.92. The average Bonchev–Trinajstić information content (AvgIpc) is 3.08. The quantitative estimate of drug-likeness (QED) is 0.811. The maximum Gasteiger partial charge on any atom is 0.273 e. The van der Waals surface area contributed by atoms with E-state index in [0.717, 1.165) is 0 Å². The molecule has 0 amide bonds. The number of hydrogen-bond donors (Lipinski definition) is 2. The standard InChI is InChI=1S/C15H26N2O3S/c1-11(15(2,3)4)9-17-21(18,19)14-8-7-13(20-14)10-16-12-5-6-12/h7-8,11-12,16-17H,5-6,9-10H2,1-4H3. The summed E-state index contributed by atoms with van der Waals surface area (Å²) in [4.78, 5) is 0. The van der Waals surface area contributed by atoms with E-state index in [1.54, 1.807) is 6.07 Å². The lowest BCUT2D eigenvalue weighted by atomic mass is 9.82. The van der Waals surface area contributed by atoms with E-state index in [1.807, 2.05) is 6.92 Å². The molecule has 1 aliphatic carbocycles. The van der Waals surface area contributed by atoms with Crippen molar-refractivity contribution in [3.8, 4) is 0 Å². The average molecular weight is 314 g/mol. The van der Waals surface area contributed by atoms with E-state index in [9.17, 15) is 8.42 Å². The molecular weight excluding hydrogens is 288 g/mol. The first-order valence-electron chi connectivity index (χ1n) is 7.50. The molecule has 0 bridgehead atoms. The zero-order valence-electron chi connectivity index (χ0n) is 13.3. The molecule has 120 valence electrons. The van der Waals surface area contributed by atoms with Crippen LogP contribution in [0.25, 0.3) is 0 Å². The smallest absolute Gasteiger partial charge is 0.273 e. The van der Waals surface area contributed by atoms with Gasteiger partial charge in [-0.1, -0.05) is 27.7 Å². The van der Waals surface area contributed by atoms with Gasteiger partial charge in [0.15, 0.2) is 0 Å². The van der Waals surface area contributed by atoms with Gasteiger partial charge in [0.1, 0.15) is 5.76 Å². The first-order valence-corrected chi connectivity index (χ1v) is 8.98. The molecule has 1 unspecified atom stereocenters. The van der Waals surface area contributed by atoms with Crippen LogP contribution in [0.3, 0.4) is 0 Å². The molecule has 1 saturated carbocycles. The van der Waals surface area contributed by atoms with Gasteiger partial charge in [-0.05, 0) is 36.3 Å². The molecule has 0 spiro atoms. The molecule has 0 saturated heterocycles. The molecule has 1 aromatic rings. The molecule has 1 fully saturated rings. The molecule has 0 aliphatic heterocycles. The van der Waals surface area contributed by atoms with Gasteiger partial charge < -0.3 is 9.73 Å². The molecule has 0 radical (unpaired) electrons. The fourth-order valence-corrected chi connectivity index (χ4v) is 2.82. The number of nitrogens with one attached hydrogen (secondary N) is 2. The minimum atomic E-state index is -3.56. The Kier molecular flexibility index (Phi) is 4.80. The molecule has 2 rings (SSSR count). The third-order valence-corrected chi connectivity index (χ3v) is 5.40. The maximum absolute atomic E-state index is 12.2. The molecule has 1 heterocycles. The summed E-state index contributed by atoms with van der Waals surface area (Å²) in [5.41, 5.74) is 0.0605. The summed E-state index contributed by atoms with van der Waals surface area (Å²) in [5.74, 6) is 0.893. The lowest BCUT2D eigenvalue weighted by Crippen LogP contribution is -2.33. The Hall–Kier alpha value is -0.850. The predicted octanol–water partition coefficient (Wildman–Crippen LogP) is 2.49. The predicted molar refractivity (Wildman–Crippen MR) is 82.4 cm³/mol. The molecule has 2 N–H and O–H groups in total. The second-order valence-corrected chi connectivity index (χ2v) is 8.69.